The van der Waals surface area contributed by atoms with Crippen molar-refractivity contribution in [1.29, 1.82) is 0 Å². The number of carbonyl (C=O) groups excluding carboxylic acids is 1. The Morgan fingerprint density at radius 3 is 2.80 bits per heavy atom. The Balaban J connectivity index is 2.70. The van der Waals surface area contributed by atoms with Gasteiger partial charge in [0.1, 0.15) is 0 Å². The minimum atomic E-state index is -0.161. The summed E-state index contributed by atoms with van der Waals surface area (Å²) in [5.41, 5.74) is 5.15. The zero-order valence-electron chi connectivity index (χ0n) is 9.37. The van der Waals surface area contributed by atoms with E-state index in [0.29, 0.717) is 5.56 Å². The Hall–Kier alpha value is -1.64. The van der Waals surface area contributed by atoms with Gasteiger partial charge in [-0.3, -0.25) is 4.79 Å². The first kappa shape index (κ1) is 11.4. The third kappa shape index (κ3) is 3.54. The van der Waals surface area contributed by atoms with Gasteiger partial charge in [-0.05, 0) is 32.4 Å². The van der Waals surface area contributed by atoms with Gasteiger partial charge in [0.25, 0.3) is 5.91 Å². The lowest BCUT2D eigenvalue weighted by molar-refractivity contribution is 0.0954. The average molecular weight is 204 g/mol. The summed E-state index contributed by atoms with van der Waals surface area (Å²) in [4.78, 5) is 11.6. The lowest BCUT2D eigenvalue weighted by atomic mass is 10.1. The summed E-state index contributed by atoms with van der Waals surface area (Å²) >= 11 is 0. The van der Waals surface area contributed by atoms with Gasteiger partial charge in [-0.15, -0.1) is 0 Å². The predicted molar refractivity (Wildman–Crippen MR) is 62.0 cm³/mol. The molecule has 0 radical (unpaired) electrons. The molecular weight excluding hydrogens is 188 g/mol. The molecule has 0 aliphatic carbocycles. The highest BCUT2D eigenvalue weighted by molar-refractivity contribution is 5.95. The highest BCUT2D eigenvalue weighted by Gasteiger charge is 2.03. The molecule has 1 amide bonds. The van der Waals surface area contributed by atoms with Crippen LogP contribution in [0.3, 0.4) is 0 Å². The number of carbonyl (C=O) groups is 1. The second kappa shape index (κ2) is 5.29. The SMILES string of the molecule is CC/C(C)=N/NC(=O)c1cccc(C)c1. The van der Waals surface area contributed by atoms with E-state index in [0.717, 1.165) is 17.7 Å². The van der Waals surface area contributed by atoms with Gasteiger partial charge >= 0.3 is 0 Å². The molecule has 1 rings (SSSR count). The van der Waals surface area contributed by atoms with Crippen LogP contribution < -0.4 is 5.43 Å². The van der Waals surface area contributed by atoms with Crippen LogP contribution in [0.25, 0.3) is 0 Å². The number of nitrogens with one attached hydrogen (secondary N) is 1. The zero-order chi connectivity index (χ0) is 11.3. The normalized spacial score (nSPS) is 11.3. The average Bonchev–Trinajstić information content (AvgIpc) is 2.25. The fourth-order valence-corrected chi connectivity index (χ4v) is 1.08. The lowest BCUT2D eigenvalue weighted by Crippen LogP contribution is -2.18. The van der Waals surface area contributed by atoms with Crippen molar-refractivity contribution in [3.8, 4) is 0 Å². The standard InChI is InChI=1S/C12H16N2O/c1-4-10(3)13-14-12(15)11-7-5-6-9(2)8-11/h5-8H,4H2,1-3H3,(H,14,15)/b13-10+. The van der Waals surface area contributed by atoms with Crippen LogP contribution in [0.1, 0.15) is 36.2 Å². The van der Waals surface area contributed by atoms with Gasteiger partial charge in [0.05, 0.1) is 0 Å². The van der Waals surface area contributed by atoms with Crippen LogP contribution >= 0.6 is 0 Å². The molecule has 3 nitrogen and oxygen atoms in total. The molecule has 0 heterocycles. The third-order valence-electron chi connectivity index (χ3n) is 2.14. The Kier molecular flexibility index (Phi) is 4.03. The molecule has 0 unspecified atom stereocenters. The zero-order valence-corrected chi connectivity index (χ0v) is 9.37. The molecule has 0 saturated carbocycles. The molecular formula is C12H16N2O. The molecule has 0 atom stereocenters. The van der Waals surface area contributed by atoms with Crippen molar-refractivity contribution in [3.05, 3.63) is 35.4 Å². The van der Waals surface area contributed by atoms with Crippen molar-refractivity contribution in [2.45, 2.75) is 27.2 Å². The first-order valence-corrected chi connectivity index (χ1v) is 5.03. The molecule has 15 heavy (non-hydrogen) atoms. The minimum absolute atomic E-state index is 0.161. The molecule has 0 bridgehead atoms. The number of amides is 1. The summed E-state index contributed by atoms with van der Waals surface area (Å²) in [6.07, 6.45) is 0.841. The fourth-order valence-electron chi connectivity index (χ4n) is 1.08. The van der Waals surface area contributed by atoms with Crippen LogP contribution in [-0.2, 0) is 0 Å². The van der Waals surface area contributed by atoms with Crippen LogP contribution in [-0.4, -0.2) is 11.6 Å². The molecule has 0 aliphatic rings. The van der Waals surface area contributed by atoms with Crippen molar-refractivity contribution < 1.29 is 4.79 Å². The number of hydrogen-bond acceptors (Lipinski definition) is 2. The number of hydrogen-bond donors (Lipinski definition) is 1. The van der Waals surface area contributed by atoms with Gasteiger partial charge in [0.2, 0.25) is 0 Å². The predicted octanol–water partition coefficient (Wildman–Crippen LogP) is 2.51. The van der Waals surface area contributed by atoms with Gasteiger partial charge in [-0.2, -0.15) is 5.10 Å². The van der Waals surface area contributed by atoms with Crippen molar-refractivity contribution in [3.63, 3.8) is 0 Å². The van der Waals surface area contributed by atoms with Crippen LogP contribution in [0.15, 0.2) is 29.4 Å². The molecule has 1 N–H and O–H groups in total. The highest BCUT2D eigenvalue weighted by Crippen LogP contribution is 2.03. The molecule has 0 saturated heterocycles. The van der Waals surface area contributed by atoms with E-state index in [2.05, 4.69) is 10.5 Å². The van der Waals surface area contributed by atoms with Gasteiger partial charge in [0, 0.05) is 11.3 Å². The summed E-state index contributed by atoms with van der Waals surface area (Å²) in [7, 11) is 0. The number of rotatable bonds is 3. The second-order valence-electron chi connectivity index (χ2n) is 3.51. The number of aryl methyl sites for hydroxylation is 1. The number of nitrogens with zero attached hydrogens (tertiary/aromatic N) is 1. The fraction of sp³-hybridized carbons (Fsp3) is 0.333. The van der Waals surface area contributed by atoms with Crippen molar-refractivity contribution >= 4 is 11.6 Å². The molecule has 1 aromatic rings. The van der Waals surface area contributed by atoms with E-state index in [1.165, 1.54) is 0 Å². The molecule has 3 heteroatoms. The van der Waals surface area contributed by atoms with E-state index >= 15 is 0 Å². The van der Waals surface area contributed by atoms with Crippen molar-refractivity contribution in [2.75, 3.05) is 0 Å². The highest BCUT2D eigenvalue weighted by atomic mass is 16.2. The Morgan fingerprint density at radius 2 is 2.20 bits per heavy atom. The van der Waals surface area contributed by atoms with E-state index in [-0.39, 0.29) is 5.91 Å². The monoisotopic (exact) mass is 204 g/mol. The maximum Gasteiger partial charge on any atom is 0.271 e. The molecule has 0 spiro atoms. The first-order chi connectivity index (χ1) is 7.13. The molecule has 0 aromatic heterocycles. The number of benzene rings is 1. The van der Waals surface area contributed by atoms with Crippen molar-refractivity contribution in [1.82, 2.24) is 5.43 Å². The minimum Gasteiger partial charge on any atom is -0.267 e. The summed E-state index contributed by atoms with van der Waals surface area (Å²) in [6, 6.07) is 7.43. The maximum atomic E-state index is 11.6. The Bertz CT molecular complexity index is 383. The quantitative estimate of drug-likeness (QED) is 0.596. The molecule has 0 fully saturated rings. The number of hydrazone groups is 1. The summed E-state index contributed by atoms with van der Waals surface area (Å²) in [6.45, 7) is 5.84. The molecule has 80 valence electrons. The van der Waals surface area contributed by atoms with Crippen LogP contribution in [0.2, 0.25) is 0 Å². The second-order valence-corrected chi connectivity index (χ2v) is 3.51. The van der Waals surface area contributed by atoms with Gasteiger partial charge < -0.3 is 0 Å². The van der Waals surface area contributed by atoms with E-state index < -0.39 is 0 Å². The summed E-state index contributed by atoms with van der Waals surface area (Å²) in [5, 5.41) is 3.97. The molecule has 0 aliphatic heterocycles. The van der Waals surface area contributed by atoms with E-state index in [9.17, 15) is 4.79 Å². The lowest BCUT2D eigenvalue weighted by Gasteiger charge is -2.01. The maximum absolute atomic E-state index is 11.6. The Labute approximate surface area is 90.2 Å². The molecule has 1 aromatic carbocycles. The van der Waals surface area contributed by atoms with E-state index in [1.807, 2.05) is 39.0 Å². The van der Waals surface area contributed by atoms with Gasteiger partial charge in [-0.1, -0.05) is 24.6 Å². The van der Waals surface area contributed by atoms with E-state index in [4.69, 9.17) is 0 Å². The topological polar surface area (TPSA) is 41.5 Å². The third-order valence-corrected chi connectivity index (χ3v) is 2.14. The summed E-state index contributed by atoms with van der Waals surface area (Å²) < 4.78 is 0. The van der Waals surface area contributed by atoms with Crippen LogP contribution in [0.5, 0.6) is 0 Å². The smallest absolute Gasteiger partial charge is 0.267 e. The van der Waals surface area contributed by atoms with Crippen molar-refractivity contribution in [2.24, 2.45) is 5.10 Å². The first-order valence-electron chi connectivity index (χ1n) is 5.03. The van der Waals surface area contributed by atoms with Crippen LogP contribution in [0, 0.1) is 6.92 Å². The largest absolute Gasteiger partial charge is 0.271 e. The Morgan fingerprint density at radius 1 is 1.47 bits per heavy atom. The van der Waals surface area contributed by atoms with Gasteiger partial charge in [-0.25, -0.2) is 5.43 Å². The van der Waals surface area contributed by atoms with Crippen LogP contribution in [0.4, 0.5) is 0 Å². The van der Waals surface area contributed by atoms with E-state index in [1.54, 1.807) is 6.07 Å². The summed E-state index contributed by atoms with van der Waals surface area (Å²) in [5.74, 6) is -0.161. The van der Waals surface area contributed by atoms with Gasteiger partial charge in [0.15, 0.2) is 0 Å².